The fourth-order valence-electron chi connectivity index (χ4n) is 1.59. The van der Waals surface area contributed by atoms with Crippen molar-refractivity contribution in [3.8, 4) is 5.75 Å². The number of carbonyl (C=O) groups is 1. The lowest BCUT2D eigenvalue weighted by Crippen LogP contribution is -2.29. The molecule has 0 aliphatic rings. The number of benzene rings is 1. The van der Waals surface area contributed by atoms with Crippen LogP contribution in [0.3, 0.4) is 0 Å². The van der Waals surface area contributed by atoms with Gasteiger partial charge < -0.3 is 9.64 Å². The Hall–Kier alpha value is -1.03. The maximum atomic E-state index is 11.3. The first-order valence-electron chi connectivity index (χ1n) is 6.05. The normalized spacial score (nSPS) is 10.2. The Morgan fingerprint density at radius 2 is 2.11 bits per heavy atom. The van der Waals surface area contributed by atoms with Crippen molar-refractivity contribution in [3.63, 3.8) is 0 Å². The second kappa shape index (κ2) is 7.41. The molecule has 100 valence electrons. The zero-order valence-electron chi connectivity index (χ0n) is 11.2. The number of carbonyl (C=O) groups excluding carboxylic acids is 1. The van der Waals surface area contributed by atoms with Gasteiger partial charge in [-0.2, -0.15) is 0 Å². The van der Waals surface area contributed by atoms with Gasteiger partial charge >= 0.3 is 0 Å². The van der Waals surface area contributed by atoms with Crippen LogP contribution in [0.4, 0.5) is 0 Å². The molecule has 4 heteroatoms. The van der Waals surface area contributed by atoms with Crippen LogP contribution in [0, 0.1) is 13.8 Å². The zero-order chi connectivity index (χ0) is 13.5. The van der Waals surface area contributed by atoms with Crippen molar-refractivity contribution in [2.24, 2.45) is 0 Å². The highest BCUT2D eigenvalue weighted by molar-refractivity contribution is 9.09. The zero-order valence-corrected chi connectivity index (χ0v) is 12.8. The number of halogens is 1. The van der Waals surface area contributed by atoms with E-state index in [1.807, 2.05) is 19.2 Å². The standard InChI is InChI=1S/C14H20BrNO2/c1-11-6-4-7-13(12(11)2)18-9-5-8-16(3)14(17)10-15/h4,6-7H,5,8-10H2,1-3H3. The molecule has 0 heterocycles. The first-order chi connectivity index (χ1) is 8.56. The van der Waals surface area contributed by atoms with E-state index in [1.54, 1.807) is 4.90 Å². The summed E-state index contributed by atoms with van der Waals surface area (Å²) in [4.78, 5) is 13.0. The monoisotopic (exact) mass is 313 g/mol. The van der Waals surface area contributed by atoms with E-state index in [4.69, 9.17) is 4.74 Å². The van der Waals surface area contributed by atoms with Crippen molar-refractivity contribution in [2.75, 3.05) is 25.5 Å². The van der Waals surface area contributed by atoms with Crippen molar-refractivity contribution < 1.29 is 9.53 Å². The van der Waals surface area contributed by atoms with Crippen molar-refractivity contribution in [1.82, 2.24) is 4.90 Å². The Morgan fingerprint density at radius 3 is 2.78 bits per heavy atom. The SMILES string of the molecule is Cc1cccc(OCCCN(C)C(=O)CBr)c1C. The quantitative estimate of drug-likeness (QED) is 0.597. The second-order valence-corrected chi connectivity index (χ2v) is 4.91. The van der Waals surface area contributed by atoms with Gasteiger partial charge in [0.05, 0.1) is 11.9 Å². The lowest BCUT2D eigenvalue weighted by Gasteiger charge is -2.16. The number of alkyl halides is 1. The number of hydrogen-bond acceptors (Lipinski definition) is 2. The highest BCUT2D eigenvalue weighted by Crippen LogP contribution is 2.20. The molecule has 0 unspecified atom stereocenters. The second-order valence-electron chi connectivity index (χ2n) is 4.35. The maximum absolute atomic E-state index is 11.3. The molecule has 3 nitrogen and oxygen atoms in total. The van der Waals surface area contributed by atoms with Gasteiger partial charge in [-0.25, -0.2) is 0 Å². The Kier molecular flexibility index (Phi) is 6.19. The van der Waals surface area contributed by atoms with Gasteiger partial charge in [-0.3, -0.25) is 4.79 Å². The number of nitrogens with zero attached hydrogens (tertiary/aromatic N) is 1. The molecule has 0 spiro atoms. The number of aryl methyl sites for hydroxylation is 1. The molecule has 0 radical (unpaired) electrons. The summed E-state index contributed by atoms with van der Waals surface area (Å²) in [5, 5.41) is 0.376. The Bertz CT molecular complexity index is 407. The van der Waals surface area contributed by atoms with Gasteiger partial charge in [0, 0.05) is 13.6 Å². The van der Waals surface area contributed by atoms with Crippen LogP contribution < -0.4 is 4.74 Å². The first-order valence-corrected chi connectivity index (χ1v) is 7.17. The molecule has 1 aromatic rings. The van der Waals surface area contributed by atoms with Crippen LogP contribution in [-0.2, 0) is 4.79 Å². The highest BCUT2D eigenvalue weighted by Gasteiger charge is 2.06. The average Bonchev–Trinajstić information content (AvgIpc) is 2.38. The largest absolute Gasteiger partial charge is 0.493 e. The van der Waals surface area contributed by atoms with Gasteiger partial charge in [0.25, 0.3) is 0 Å². The van der Waals surface area contributed by atoms with E-state index >= 15 is 0 Å². The van der Waals surface area contributed by atoms with E-state index in [9.17, 15) is 4.79 Å². The summed E-state index contributed by atoms with van der Waals surface area (Å²) < 4.78 is 5.73. The Labute approximate surface area is 117 Å². The highest BCUT2D eigenvalue weighted by atomic mass is 79.9. The van der Waals surface area contributed by atoms with E-state index in [2.05, 4.69) is 35.8 Å². The van der Waals surface area contributed by atoms with Crippen LogP contribution in [0.25, 0.3) is 0 Å². The predicted octanol–water partition coefficient (Wildman–Crippen LogP) is 2.93. The molecular formula is C14H20BrNO2. The number of amides is 1. The van der Waals surface area contributed by atoms with Crippen LogP contribution in [0.15, 0.2) is 18.2 Å². The van der Waals surface area contributed by atoms with E-state index in [-0.39, 0.29) is 5.91 Å². The molecule has 0 saturated carbocycles. The molecule has 0 aromatic heterocycles. The molecule has 0 N–H and O–H groups in total. The molecule has 1 amide bonds. The van der Waals surface area contributed by atoms with Gasteiger partial charge in [-0.15, -0.1) is 0 Å². The molecule has 1 aromatic carbocycles. The van der Waals surface area contributed by atoms with Crippen molar-refractivity contribution in [1.29, 1.82) is 0 Å². The summed E-state index contributed by atoms with van der Waals surface area (Å²) in [5.74, 6) is 1.03. The third kappa shape index (κ3) is 4.33. The van der Waals surface area contributed by atoms with Gasteiger partial charge in [0.1, 0.15) is 5.75 Å². The third-order valence-electron chi connectivity index (χ3n) is 2.99. The summed E-state index contributed by atoms with van der Waals surface area (Å²) in [7, 11) is 1.81. The summed E-state index contributed by atoms with van der Waals surface area (Å²) >= 11 is 3.16. The molecule has 0 fully saturated rings. The minimum absolute atomic E-state index is 0.0988. The van der Waals surface area contributed by atoms with Gasteiger partial charge in [0.2, 0.25) is 5.91 Å². The third-order valence-corrected chi connectivity index (χ3v) is 3.47. The molecule has 0 aliphatic heterocycles. The van der Waals surface area contributed by atoms with Crippen LogP contribution in [-0.4, -0.2) is 36.3 Å². The first kappa shape index (κ1) is 15.0. The Morgan fingerprint density at radius 1 is 1.39 bits per heavy atom. The lowest BCUT2D eigenvalue weighted by molar-refractivity contribution is -0.127. The molecule has 18 heavy (non-hydrogen) atoms. The lowest BCUT2D eigenvalue weighted by atomic mass is 10.1. The average molecular weight is 314 g/mol. The van der Waals surface area contributed by atoms with Gasteiger partial charge in [-0.1, -0.05) is 28.1 Å². The fraction of sp³-hybridized carbons (Fsp3) is 0.500. The van der Waals surface area contributed by atoms with Crippen molar-refractivity contribution in [2.45, 2.75) is 20.3 Å². The summed E-state index contributed by atoms with van der Waals surface area (Å²) in [5.41, 5.74) is 2.42. The molecular weight excluding hydrogens is 294 g/mol. The van der Waals surface area contributed by atoms with Crippen molar-refractivity contribution >= 4 is 21.8 Å². The van der Waals surface area contributed by atoms with Crippen LogP contribution in [0.2, 0.25) is 0 Å². The molecule has 0 saturated heterocycles. The van der Waals surface area contributed by atoms with Crippen LogP contribution in [0.1, 0.15) is 17.5 Å². The minimum Gasteiger partial charge on any atom is -0.493 e. The number of ether oxygens (including phenoxy) is 1. The summed E-state index contributed by atoms with van der Waals surface area (Å²) in [6, 6.07) is 6.05. The van der Waals surface area contributed by atoms with Crippen LogP contribution >= 0.6 is 15.9 Å². The molecule has 0 aliphatic carbocycles. The van der Waals surface area contributed by atoms with E-state index in [0.717, 1.165) is 18.7 Å². The van der Waals surface area contributed by atoms with Crippen molar-refractivity contribution in [3.05, 3.63) is 29.3 Å². The topological polar surface area (TPSA) is 29.5 Å². The smallest absolute Gasteiger partial charge is 0.232 e. The summed E-state index contributed by atoms with van der Waals surface area (Å²) in [6.45, 7) is 5.48. The van der Waals surface area contributed by atoms with E-state index < -0.39 is 0 Å². The number of hydrogen-bond donors (Lipinski definition) is 0. The molecule has 0 bridgehead atoms. The Balaban J connectivity index is 2.34. The van der Waals surface area contributed by atoms with Crippen LogP contribution in [0.5, 0.6) is 5.75 Å². The van der Waals surface area contributed by atoms with E-state index in [0.29, 0.717) is 11.9 Å². The van der Waals surface area contributed by atoms with Gasteiger partial charge in [0.15, 0.2) is 0 Å². The maximum Gasteiger partial charge on any atom is 0.232 e. The predicted molar refractivity (Wildman–Crippen MR) is 77.5 cm³/mol. The molecule has 0 atom stereocenters. The summed E-state index contributed by atoms with van der Waals surface area (Å²) in [6.07, 6.45) is 0.836. The fourth-order valence-corrected chi connectivity index (χ4v) is 2.02. The molecule has 1 rings (SSSR count). The van der Waals surface area contributed by atoms with E-state index in [1.165, 1.54) is 11.1 Å². The van der Waals surface area contributed by atoms with Gasteiger partial charge in [-0.05, 0) is 37.5 Å². The number of rotatable bonds is 6. The minimum atomic E-state index is 0.0988.